The molecule has 0 fully saturated rings. The minimum absolute atomic E-state index is 0.0893. The first-order chi connectivity index (χ1) is 16.8. The zero-order valence-corrected chi connectivity index (χ0v) is 19.0. The van der Waals surface area contributed by atoms with E-state index in [9.17, 15) is 22.8 Å². The number of hydrogen-bond acceptors (Lipinski definition) is 5. The molecular formula is C20H15Cl2F3N8O2. The Morgan fingerprint density at radius 3 is 2.20 bits per heavy atom. The smallest absolute Gasteiger partial charge is 0.331 e. The molecule has 0 unspecified atom stereocenters. The van der Waals surface area contributed by atoms with E-state index in [0.29, 0.717) is 0 Å². The summed E-state index contributed by atoms with van der Waals surface area (Å²) in [4.78, 5) is 28.4. The van der Waals surface area contributed by atoms with Gasteiger partial charge in [0.1, 0.15) is 11.6 Å². The number of aromatic amines is 1. The number of benzene rings is 2. The van der Waals surface area contributed by atoms with E-state index >= 15 is 0 Å². The maximum atomic E-state index is 13.9. The van der Waals surface area contributed by atoms with Gasteiger partial charge in [0.15, 0.2) is 24.1 Å². The Hall–Kier alpha value is -3.84. The van der Waals surface area contributed by atoms with E-state index in [1.54, 1.807) is 0 Å². The van der Waals surface area contributed by atoms with Gasteiger partial charge in [-0.1, -0.05) is 23.2 Å². The van der Waals surface area contributed by atoms with Crippen LogP contribution in [0, 0.1) is 11.6 Å². The highest BCUT2D eigenvalue weighted by Gasteiger charge is 2.16. The second-order valence-corrected chi connectivity index (χ2v) is 7.82. The molecule has 0 spiro atoms. The lowest BCUT2D eigenvalue weighted by atomic mass is 10.3. The largest absolute Gasteiger partial charge is 0.347 e. The number of halogens is 5. The number of carbonyl (C=O) groups is 1. The van der Waals surface area contributed by atoms with Crippen molar-refractivity contribution >= 4 is 29.2 Å². The van der Waals surface area contributed by atoms with Gasteiger partial charge in [0.2, 0.25) is 0 Å². The summed E-state index contributed by atoms with van der Waals surface area (Å²) in [5.74, 6) is -1.38. The van der Waals surface area contributed by atoms with Crippen LogP contribution in [0.25, 0.3) is 11.4 Å². The topological polar surface area (TPSA) is 123 Å². The van der Waals surface area contributed by atoms with Crippen molar-refractivity contribution in [1.82, 2.24) is 40.2 Å². The molecule has 0 atom stereocenters. The van der Waals surface area contributed by atoms with Gasteiger partial charge in [-0.2, -0.15) is 5.10 Å². The third-order valence-corrected chi connectivity index (χ3v) is 5.32. The Bertz CT molecular complexity index is 1450. The quantitative estimate of drug-likeness (QED) is 0.341. The number of urea groups is 1. The molecule has 4 aromatic rings. The summed E-state index contributed by atoms with van der Waals surface area (Å²) >= 11 is 11.4. The average Bonchev–Trinajstić information content (AvgIpc) is 3.43. The normalized spacial score (nSPS) is 11.0. The van der Waals surface area contributed by atoms with Gasteiger partial charge in [-0.05, 0) is 30.3 Å². The summed E-state index contributed by atoms with van der Waals surface area (Å²) in [5.41, 5.74) is -0.261. The van der Waals surface area contributed by atoms with Crippen molar-refractivity contribution < 1.29 is 18.0 Å². The fourth-order valence-electron chi connectivity index (χ4n) is 3.11. The van der Waals surface area contributed by atoms with Gasteiger partial charge in [-0.15, -0.1) is 5.10 Å². The molecule has 0 bridgehead atoms. The van der Waals surface area contributed by atoms with E-state index in [2.05, 4.69) is 30.9 Å². The first-order valence-electron chi connectivity index (χ1n) is 9.86. The number of alkyl halides is 1. The number of aromatic nitrogens is 6. The summed E-state index contributed by atoms with van der Waals surface area (Å²) in [5, 5.41) is 14.8. The Labute approximate surface area is 204 Å². The summed E-state index contributed by atoms with van der Waals surface area (Å²) < 4.78 is 43.0. The minimum atomic E-state index is -0.968. The Morgan fingerprint density at radius 2 is 1.57 bits per heavy atom. The van der Waals surface area contributed by atoms with E-state index in [-0.39, 0.29) is 52.0 Å². The lowest BCUT2D eigenvalue weighted by Gasteiger charge is -2.10. The van der Waals surface area contributed by atoms with Crippen LogP contribution in [0.1, 0.15) is 17.5 Å². The van der Waals surface area contributed by atoms with Crippen LogP contribution < -0.4 is 16.3 Å². The molecule has 0 aliphatic rings. The van der Waals surface area contributed by atoms with Crippen molar-refractivity contribution in [2.45, 2.75) is 19.8 Å². The maximum Gasteiger partial charge on any atom is 0.347 e. The molecule has 0 radical (unpaired) electrons. The Balaban J connectivity index is 1.45. The predicted octanol–water partition coefficient (Wildman–Crippen LogP) is 3.20. The van der Waals surface area contributed by atoms with E-state index < -0.39 is 30.0 Å². The van der Waals surface area contributed by atoms with Gasteiger partial charge < -0.3 is 10.6 Å². The molecule has 182 valence electrons. The van der Waals surface area contributed by atoms with E-state index in [1.165, 1.54) is 28.9 Å². The van der Waals surface area contributed by atoms with Crippen molar-refractivity contribution in [2.24, 2.45) is 0 Å². The summed E-state index contributed by atoms with van der Waals surface area (Å²) in [6.07, 6.45) is 0. The minimum Gasteiger partial charge on any atom is -0.331 e. The van der Waals surface area contributed by atoms with Crippen LogP contribution in [0.3, 0.4) is 0 Å². The molecule has 0 aliphatic heterocycles. The maximum absolute atomic E-state index is 13.9. The molecule has 2 aromatic carbocycles. The molecular weight excluding hydrogens is 512 g/mol. The SMILES string of the molecule is O=C(NCc1nc(CF)nn1-c1ccc(Cl)c(F)c1)NCc1n[nH]c(=O)n1-c1ccc(Cl)c(F)c1. The predicted molar refractivity (Wildman–Crippen MR) is 119 cm³/mol. The molecule has 15 heteroatoms. The first-order valence-corrected chi connectivity index (χ1v) is 10.6. The van der Waals surface area contributed by atoms with Crippen molar-refractivity contribution in [3.63, 3.8) is 0 Å². The van der Waals surface area contributed by atoms with Crippen molar-refractivity contribution in [1.29, 1.82) is 0 Å². The van der Waals surface area contributed by atoms with E-state index in [1.807, 2.05) is 0 Å². The molecule has 0 saturated carbocycles. The van der Waals surface area contributed by atoms with E-state index in [0.717, 1.165) is 16.7 Å². The monoisotopic (exact) mass is 526 g/mol. The van der Waals surface area contributed by atoms with Crippen molar-refractivity contribution in [2.75, 3.05) is 0 Å². The number of nitrogens with one attached hydrogen (secondary N) is 3. The molecule has 2 amide bonds. The average molecular weight is 527 g/mol. The number of amides is 2. The first kappa shape index (κ1) is 24.3. The summed E-state index contributed by atoms with van der Waals surface area (Å²) in [6, 6.07) is 6.93. The molecule has 35 heavy (non-hydrogen) atoms. The molecule has 3 N–H and O–H groups in total. The van der Waals surface area contributed by atoms with Crippen LogP contribution in [0.15, 0.2) is 41.2 Å². The molecule has 4 rings (SSSR count). The van der Waals surface area contributed by atoms with Crippen LogP contribution in [0.2, 0.25) is 10.0 Å². The fraction of sp³-hybridized carbons (Fsp3) is 0.150. The van der Waals surface area contributed by atoms with Crippen LogP contribution in [-0.2, 0) is 19.8 Å². The van der Waals surface area contributed by atoms with Crippen LogP contribution in [0.4, 0.5) is 18.0 Å². The second kappa shape index (κ2) is 10.2. The van der Waals surface area contributed by atoms with Crippen LogP contribution in [0.5, 0.6) is 0 Å². The highest BCUT2D eigenvalue weighted by molar-refractivity contribution is 6.31. The number of nitrogens with zero attached hydrogens (tertiary/aromatic N) is 5. The summed E-state index contributed by atoms with van der Waals surface area (Å²) in [6.45, 7) is -1.37. The zero-order valence-electron chi connectivity index (χ0n) is 17.5. The highest BCUT2D eigenvalue weighted by Crippen LogP contribution is 2.20. The number of hydrogen-bond donors (Lipinski definition) is 3. The third-order valence-electron chi connectivity index (χ3n) is 4.70. The van der Waals surface area contributed by atoms with Gasteiger partial charge in [-0.3, -0.25) is 0 Å². The van der Waals surface area contributed by atoms with Crippen LogP contribution in [-0.4, -0.2) is 35.6 Å². The fourth-order valence-corrected chi connectivity index (χ4v) is 3.34. The lowest BCUT2D eigenvalue weighted by molar-refractivity contribution is 0.239. The Kier molecular flexibility index (Phi) is 7.07. The van der Waals surface area contributed by atoms with Crippen molar-refractivity contribution in [3.8, 4) is 11.4 Å². The van der Waals surface area contributed by atoms with Gasteiger partial charge in [0.25, 0.3) is 0 Å². The molecule has 0 aliphatic carbocycles. The van der Waals surface area contributed by atoms with E-state index in [4.69, 9.17) is 23.2 Å². The third kappa shape index (κ3) is 5.30. The van der Waals surface area contributed by atoms with Crippen molar-refractivity contribution in [3.05, 3.63) is 86.0 Å². The van der Waals surface area contributed by atoms with Gasteiger partial charge >= 0.3 is 11.7 Å². The Morgan fingerprint density at radius 1 is 0.971 bits per heavy atom. The van der Waals surface area contributed by atoms with Gasteiger partial charge in [-0.25, -0.2) is 42.1 Å². The molecule has 10 nitrogen and oxygen atoms in total. The summed E-state index contributed by atoms with van der Waals surface area (Å²) in [7, 11) is 0. The van der Waals surface area contributed by atoms with Gasteiger partial charge in [0.05, 0.1) is 34.5 Å². The van der Waals surface area contributed by atoms with Gasteiger partial charge in [0, 0.05) is 6.07 Å². The zero-order chi connectivity index (χ0) is 25.1. The molecule has 2 aromatic heterocycles. The molecule has 2 heterocycles. The number of rotatable bonds is 7. The highest BCUT2D eigenvalue weighted by atomic mass is 35.5. The lowest BCUT2D eigenvalue weighted by Crippen LogP contribution is -2.36. The second-order valence-electron chi connectivity index (χ2n) is 7.00. The molecule has 0 saturated heterocycles. The standard InChI is InChI=1S/C20H15Cl2F3N8O2/c21-12-3-1-10(5-14(12)24)32-18(29-30-20(32)35)9-27-19(34)26-8-17-28-16(7-23)31-33(17)11-2-4-13(22)15(25)6-11/h1-6H,7-9H2,(H,30,35)(H2,26,27,34). The number of carbonyl (C=O) groups excluding carboxylic acids is 1. The number of H-pyrrole nitrogens is 1. The van der Waals surface area contributed by atoms with Crippen LogP contribution >= 0.6 is 23.2 Å².